The van der Waals surface area contributed by atoms with Crippen molar-refractivity contribution in [3.8, 4) is 39.6 Å². The molecular formula is C55H40N4S. The molecule has 5 heteroatoms. The fourth-order valence-electron chi connectivity index (χ4n) is 10.1. The minimum Gasteiger partial charge on any atom is -0.309 e. The van der Waals surface area contributed by atoms with Crippen LogP contribution in [-0.2, 0) is 5.41 Å². The Kier molecular flexibility index (Phi) is 7.76. The van der Waals surface area contributed by atoms with Crippen LogP contribution < -0.4 is 0 Å². The first-order chi connectivity index (χ1) is 29.4. The van der Waals surface area contributed by atoms with Gasteiger partial charge in [0, 0.05) is 42.6 Å². The van der Waals surface area contributed by atoms with E-state index in [1.807, 2.05) is 47.7 Å². The molecule has 286 valence electrons. The molecule has 0 radical (unpaired) electrons. The Morgan fingerprint density at radius 3 is 1.90 bits per heavy atom. The largest absolute Gasteiger partial charge is 0.309 e. The molecule has 0 spiro atoms. The minimum absolute atomic E-state index is 0.0633. The molecule has 0 bridgehead atoms. The van der Waals surface area contributed by atoms with Crippen molar-refractivity contribution in [2.45, 2.75) is 32.1 Å². The summed E-state index contributed by atoms with van der Waals surface area (Å²) in [4.78, 5) is 17.1. The predicted molar refractivity (Wildman–Crippen MR) is 250 cm³/mol. The second-order valence-electron chi connectivity index (χ2n) is 16.8. The number of aromatic nitrogens is 4. The Morgan fingerprint density at radius 2 is 1.17 bits per heavy atom. The number of rotatable bonds is 5. The van der Waals surface area contributed by atoms with E-state index in [0.29, 0.717) is 11.6 Å². The van der Waals surface area contributed by atoms with Crippen LogP contribution in [0.15, 0.2) is 170 Å². The molecule has 2 aliphatic rings. The molecule has 0 saturated heterocycles. The molecule has 0 saturated carbocycles. The van der Waals surface area contributed by atoms with Gasteiger partial charge in [0.25, 0.3) is 0 Å². The maximum absolute atomic E-state index is 5.34. The number of hydrogen-bond acceptors (Lipinski definition) is 4. The Balaban J connectivity index is 1.09. The molecule has 3 aromatic heterocycles. The normalized spacial score (nSPS) is 16.5. The van der Waals surface area contributed by atoms with Crippen molar-refractivity contribution in [1.82, 2.24) is 19.5 Å². The molecule has 0 N–H and O–H groups in total. The second kappa shape index (κ2) is 13.3. The summed E-state index contributed by atoms with van der Waals surface area (Å²) in [7, 11) is 0. The van der Waals surface area contributed by atoms with E-state index in [0.717, 1.165) is 22.6 Å². The summed E-state index contributed by atoms with van der Waals surface area (Å²) in [6, 6.07) is 61.3. The molecule has 2 aliphatic carbocycles. The molecule has 3 heterocycles. The lowest BCUT2D eigenvalue weighted by Crippen LogP contribution is -2.20. The van der Waals surface area contributed by atoms with Crippen LogP contribution in [-0.4, -0.2) is 19.5 Å². The van der Waals surface area contributed by atoms with Gasteiger partial charge in [0.1, 0.15) is 5.82 Å². The van der Waals surface area contributed by atoms with E-state index in [2.05, 4.69) is 165 Å². The van der Waals surface area contributed by atoms with E-state index in [1.54, 1.807) is 0 Å². The summed E-state index contributed by atoms with van der Waals surface area (Å²) in [6.07, 6.45) is 2.46. The zero-order valence-corrected chi connectivity index (χ0v) is 34.4. The lowest BCUT2D eigenvalue weighted by Gasteiger charge is -2.30. The molecule has 7 aromatic carbocycles. The van der Waals surface area contributed by atoms with Crippen LogP contribution in [0.3, 0.4) is 0 Å². The summed E-state index contributed by atoms with van der Waals surface area (Å²) in [5.41, 5.74) is 14.6. The Hall–Kier alpha value is -6.95. The third kappa shape index (κ3) is 5.25. The topological polar surface area (TPSA) is 43.6 Å². The van der Waals surface area contributed by atoms with Crippen molar-refractivity contribution in [3.63, 3.8) is 0 Å². The number of thiophene rings is 1. The summed E-state index contributed by atoms with van der Waals surface area (Å²) in [6.45, 7) is 7.09. The van der Waals surface area contributed by atoms with E-state index in [1.165, 1.54) is 75.7 Å². The average Bonchev–Trinajstić information content (AvgIpc) is 3.90. The first-order valence-electron chi connectivity index (χ1n) is 20.8. The van der Waals surface area contributed by atoms with Crippen LogP contribution in [0, 0.1) is 5.92 Å². The SMILES string of the molecule is CC1C(c2ccc3c4cc5c(cc4n(-c4ccccc4)c3c2)C(C)(C)c2ccccc2-5)=Cc2c(sc3ccccc23)C1c1nc(-c2ccccc2)nc(-c2ccccc2)n1. The molecule has 4 nitrogen and oxygen atoms in total. The van der Waals surface area contributed by atoms with Crippen LogP contribution in [0.4, 0.5) is 0 Å². The van der Waals surface area contributed by atoms with Gasteiger partial charge in [0.15, 0.2) is 11.6 Å². The van der Waals surface area contributed by atoms with Crippen LogP contribution in [0.2, 0.25) is 0 Å². The van der Waals surface area contributed by atoms with Crippen LogP contribution in [0.1, 0.15) is 59.6 Å². The van der Waals surface area contributed by atoms with Gasteiger partial charge in [-0.3, -0.25) is 0 Å². The van der Waals surface area contributed by atoms with E-state index in [-0.39, 0.29) is 17.3 Å². The van der Waals surface area contributed by atoms with Crippen molar-refractivity contribution in [1.29, 1.82) is 0 Å². The third-order valence-corrected chi connectivity index (χ3v) is 14.3. The molecule has 60 heavy (non-hydrogen) atoms. The number of benzene rings is 7. The molecule has 0 aliphatic heterocycles. The Morgan fingerprint density at radius 1 is 0.533 bits per heavy atom. The minimum atomic E-state index is -0.0998. The van der Waals surface area contributed by atoms with Gasteiger partial charge in [-0.2, -0.15) is 0 Å². The average molecular weight is 789 g/mol. The Bertz CT molecular complexity index is 3300. The summed E-state index contributed by atoms with van der Waals surface area (Å²) < 4.78 is 3.75. The van der Waals surface area contributed by atoms with Crippen molar-refractivity contribution < 1.29 is 0 Å². The standard InChI is InChI=1S/C55H40N4S/c1-33-41(36-27-28-39-43-31-42-38-23-13-15-25-45(38)55(2,3)46(42)32-48(43)59(47(39)29-36)37-21-11-6-12-22-37)30-44-40-24-14-16-26-49(40)60-51(44)50(33)54-57-52(34-17-7-4-8-18-34)56-53(58-54)35-19-9-5-10-20-35/h4-33,50H,1-3H3. The zero-order chi connectivity index (χ0) is 40.1. The van der Waals surface area contributed by atoms with Crippen molar-refractivity contribution in [2.24, 2.45) is 5.92 Å². The molecule has 2 unspecified atom stereocenters. The van der Waals surface area contributed by atoms with Crippen LogP contribution in [0.5, 0.6) is 0 Å². The summed E-state index contributed by atoms with van der Waals surface area (Å²) >= 11 is 1.87. The zero-order valence-electron chi connectivity index (χ0n) is 33.6. The monoisotopic (exact) mass is 788 g/mol. The number of allylic oxidation sites excluding steroid dienone is 1. The summed E-state index contributed by atoms with van der Waals surface area (Å²) in [5.74, 6) is 2.15. The molecule has 0 fully saturated rings. The highest BCUT2D eigenvalue weighted by Gasteiger charge is 2.38. The van der Waals surface area contributed by atoms with Gasteiger partial charge in [-0.05, 0) is 92.7 Å². The van der Waals surface area contributed by atoms with Gasteiger partial charge >= 0.3 is 0 Å². The van der Waals surface area contributed by atoms with Gasteiger partial charge in [0.2, 0.25) is 0 Å². The highest BCUT2D eigenvalue weighted by molar-refractivity contribution is 7.19. The van der Waals surface area contributed by atoms with Gasteiger partial charge in [-0.1, -0.05) is 154 Å². The fraction of sp³-hybridized carbons (Fsp3) is 0.109. The third-order valence-electron chi connectivity index (χ3n) is 13.0. The first kappa shape index (κ1) is 35.0. The van der Waals surface area contributed by atoms with E-state index < -0.39 is 0 Å². The lowest BCUT2D eigenvalue weighted by atomic mass is 9.76. The lowest BCUT2D eigenvalue weighted by molar-refractivity contribution is 0.609. The maximum atomic E-state index is 5.34. The number of nitrogens with zero attached hydrogens (tertiary/aromatic N) is 4. The predicted octanol–water partition coefficient (Wildman–Crippen LogP) is 14.1. The number of para-hydroxylation sites is 1. The Labute approximate surface area is 353 Å². The smallest absolute Gasteiger partial charge is 0.163 e. The molecule has 0 amide bonds. The fourth-order valence-corrected chi connectivity index (χ4v) is 11.4. The molecule has 10 aromatic rings. The van der Waals surface area contributed by atoms with Crippen LogP contribution >= 0.6 is 11.3 Å². The van der Waals surface area contributed by atoms with Crippen molar-refractivity contribution >= 4 is 54.9 Å². The highest BCUT2D eigenvalue weighted by Crippen LogP contribution is 2.53. The van der Waals surface area contributed by atoms with Gasteiger partial charge in [-0.25, -0.2) is 15.0 Å². The van der Waals surface area contributed by atoms with Gasteiger partial charge < -0.3 is 4.57 Å². The molecule has 2 atom stereocenters. The van der Waals surface area contributed by atoms with Gasteiger partial charge in [-0.15, -0.1) is 11.3 Å². The van der Waals surface area contributed by atoms with Crippen molar-refractivity contribution in [3.05, 3.63) is 203 Å². The number of hydrogen-bond donors (Lipinski definition) is 0. The molecule has 12 rings (SSSR count). The number of fused-ring (bicyclic) bond motifs is 9. The first-order valence-corrected chi connectivity index (χ1v) is 21.6. The van der Waals surface area contributed by atoms with Crippen LogP contribution in [0.25, 0.3) is 83.1 Å². The summed E-state index contributed by atoms with van der Waals surface area (Å²) in [5, 5.41) is 3.79. The van der Waals surface area contributed by atoms with Gasteiger partial charge in [0.05, 0.1) is 17.0 Å². The molecular weight excluding hydrogens is 749 g/mol. The quantitative estimate of drug-likeness (QED) is 0.174. The van der Waals surface area contributed by atoms with E-state index in [9.17, 15) is 0 Å². The van der Waals surface area contributed by atoms with E-state index in [4.69, 9.17) is 15.0 Å². The second-order valence-corrected chi connectivity index (χ2v) is 17.9. The maximum Gasteiger partial charge on any atom is 0.163 e. The van der Waals surface area contributed by atoms with Crippen molar-refractivity contribution in [2.75, 3.05) is 0 Å². The van der Waals surface area contributed by atoms with E-state index >= 15 is 0 Å². The highest BCUT2D eigenvalue weighted by atomic mass is 32.1.